The van der Waals surface area contributed by atoms with Crippen LogP contribution in [0, 0.1) is 0 Å². The lowest BCUT2D eigenvalue weighted by Gasteiger charge is -2.14. The van der Waals surface area contributed by atoms with E-state index in [2.05, 4.69) is 5.32 Å². The highest BCUT2D eigenvalue weighted by atomic mass is 32.2. The Morgan fingerprint density at radius 1 is 1.10 bits per heavy atom. The first kappa shape index (κ1) is 21.4. The molecule has 0 aliphatic carbocycles. The average molecular weight is 426 g/mol. The number of methoxy groups -OCH3 is 2. The Bertz CT molecular complexity index is 975. The van der Waals surface area contributed by atoms with E-state index >= 15 is 0 Å². The predicted octanol–water partition coefficient (Wildman–Crippen LogP) is 3.10. The van der Waals surface area contributed by atoms with Gasteiger partial charge in [0.05, 0.1) is 25.5 Å². The van der Waals surface area contributed by atoms with Crippen molar-refractivity contribution in [3.63, 3.8) is 0 Å². The number of rotatable bonds is 8. The number of benzene rings is 2. The van der Waals surface area contributed by atoms with Crippen molar-refractivity contribution < 1.29 is 23.9 Å². The number of thioether (sulfide) groups is 1. The minimum atomic E-state index is -0.349. The van der Waals surface area contributed by atoms with Crippen LogP contribution in [0.4, 0.5) is 4.79 Å². The Hall–Kier alpha value is -3.26. The third kappa shape index (κ3) is 5.21. The van der Waals surface area contributed by atoms with E-state index in [4.69, 9.17) is 9.47 Å². The van der Waals surface area contributed by atoms with Gasteiger partial charge in [-0.05, 0) is 41.6 Å². The Morgan fingerprint density at radius 3 is 2.57 bits per heavy atom. The van der Waals surface area contributed by atoms with E-state index in [-0.39, 0.29) is 36.6 Å². The fourth-order valence-electron chi connectivity index (χ4n) is 2.96. The summed E-state index contributed by atoms with van der Waals surface area (Å²) in [5.41, 5.74) is 1.54. The maximum absolute atomic E-state index is 12.5. The Balaban J connectivity index is 1.55. The van der Waals surface area contributed by atoms with Crippen molar-refractivity contribution in [3.05, 3.63) is 64.6 Å². The van der Waals surface area contributed by atoms with E-state index in [1.807, 2.05) is 30.3 Å². The molecule has 7 nitrogen and oxygen atoms in total. The summed E-state index contributed by atoms with van der Waals surface area (Å²) in [5, 5.41) is 2.40. The molecule has 3 rings (SSSR count). The molecule has 1 N–H and O–H groups in total. The number of amides is 3. The summed E-state index contributed by atoms with van der Waals surface area (Å²) in [4.78, 5) is 38.5. The van der Waals surface area contributed by atoms with Crippen LogP contribution in [0.2, 0.25) is 0 Å². The quantitative estimate of drug-likeness (QED) is 0.653. The van der Waals surface area contributed by atoms with Crippen molar-refractivity contribution in [3.8, 4) is 11.5 Å². The van der Waals surface area contributed by atoms with Gasteiger partial charge < -0.3 is 14.8 Å². The highest BCUT2D eigenvalue weighted by molar-refractivity contribution is 8.18. The normalized spacial score (nSPS) is 14.9. The largest absolute Gasteiger partial charge is 0.497 e. The molecule has 0 atom stereocenters. The first-order valence-corrected chi connectivity index (χ1v) is 10.1. The standard InChI is InChI=1S/C22H22N2O5S/c1-28-17-8-9-18(29-2)16(13-17)14-20(25)23-10-11-24-21(26)19(30-22(24)27)12-15-6-4-3-5-7-15/h3-9,12-13H,10-11,14H2,1-2H3,(H,23,25)/b19-12+. The zero-order valence-electron chi connectivity index (χ0n) is 16.7. The van der Waals surface area contributed by atoms with Crippen LogP contribution in [0.1, 0.15) is 11.1 Å². The fourth-order valence-corrected chi connectivity index (χ4v) is 3.82. The summed E-state index contributed by atoms with van der Waals surface area (Å²) in [6.07, 6.45) is 1.79. The van der Waals surface area contributed by atoms with Crippen LogP contribution < -0.4 is 14.8 Å². The second kappa shape index (κ2) is 9.98. The lowest BCUT2D eigenvalue weighted by molar-refractivity contribution is -0.124. The lowest BCUT2D eigenvalue weighted by Crippen LogP contribution is -2.37. The molecule has 1 aliphatic rings. The van der Waals surface area contributed by atoms with Gasteiger partial charge >= 0.3 is 0 Å². The number of hydrogen-bond donors (Lipinski definition) is 1. The molecule has 0 unspecified atom stereocenters. The number of carbonyl (C=O) groups is 3. The molecular weight excluding hydrogens is 404 g/mol. The second-order valence-electron chi connectivity index (χ2n) is 6.45. The molecule has 0 aromatic heterocycles. The average Bonchev–Trinajstić information content (AvgIpc) is 3.01. The molecule has 0 saturated carbocycles. The van der Waals surface area contributed by atoms with E-state index in [0.717, 1.165) is 22.2 Å². The van der Waals surface area contributed by atoms with Gasteiger partial charge in [0.15, 0.2) is 0 Å². The van der Waals surface area contributed by atoms with Crippen LogP contribution in [-0.2, 0) is 16.0 Å². The lowest BCUT2D eigenvalue weighted by atomic mass is 10.1. The van der Waals surface area contributed by atoms with Gasteiger partial charge in [0, 0.05) is 18.7 Å². The molecular formula is C22H22N2O5S. The van der Waals surface area contributed by atoms with Crippen molar-refractivity contribution in [1.29, 1.82) is 0 Å². The Morgan fingerprint density at radius 2 is 1.87 bits per heavy atom. The molecule has 0 radical (unpaired) electrons. The first-order valence-electron chi connectivity index (χ1n) is 9.30. The molecule has 0 bridgehead atoms. The zero-order chi connectivity index (χ0) is 21.5. The number of ether oxygens (including phenoxy) is 2. The van der Waals surface area contributed by atoms with Crippen molar-refractivity contribution in [1.82, 2.24) is 10.2 Å². The Labute approximate surface area is 179 Å². The Kier molecular flexibility index (Phi) is 7.13. The highest BCUT2D eigenvalue weighted by Crippen LogP contribution is 2.31. The summed E-state index contributed by atoms with van der Waals surface area (Å²) in [6.45, 7) is 0.277. The van der Waals surface area contributed by atoms with Crippen LogP contribution >= 0.6 is 11.8 Å². The smallest absolute Gasteiger partial charge is 0.293 e. The van der Waals surface area contributed by atoms with Crippen LogP contribution in [0.25, 0.3) is 6.08 Å². The predicted molar refractivity (Wildman–Crippen MR) is 115 cm³/mol. The zero-order valence-corrected chi connectivity index (χ0v) is 17.5. The van der Waals surface area contributed by atoms with Gasteiger partial charge in [0.25, 0.3) is 11.1 Å². The molecule has 0 spiro atoms. The molecule has 2 aromatic carbocycles. The van der Waals surface area contributed by atoms with E-state index in [1.54, 1.807) is 31.4 Å². The minimum Gasteiger partial charge on any atom is -0.497 e. The summed E-state index contributed by atoms with van der Waals surface area (Å²) in [5.74, 6) is 0.621. The van der Waals surface area contributed by atoms with Crippen LogP contribution in [0.15, 0.2) is 53.4 Å². The second-order valence-corrected chi connectivity index (χ2v) is 7.44. The van der Waals surface area contributed by atoms with Gasteiger partial charge in [-0.1, -0.05) is 30.3 Å². The van der Waals surface area contributed by atoms with E-state index in [0.29, 0.717) is 22.0 Å². The van der Waals surface area contributed by atoms with Crippen LogP contribution in [0.5, 0.6) is 11.5 Å². The summed E-state index contributed by atoms with van der Waals surface area (Å²) in [7, 11) is 3.08. The number of nitrogens with zero attached hydrogens (tertiary/aromatic N) is 1. The molecule has 30 heavy (non-hydrogen) atoms. The molecule has 156 valence electrons. The number of imide groups is 1. The number of hydrogen-bond acceptors (Lipinski definition) is 6. The van der Waals surface area contributed by atoms with E-state index in [1.165, 1.54) is 7.11 Å². The van der Waals surface area contributed by atoms with Crippen LogP contribution in [-0.4, -0.2) is 49.3 Å². The molecule has 1 saturated heterocycles. The monoisotopic (exact) mass is 426 g/mol. The third-order valence-corrected chi connectivity index (χ3v) is 5.37. The van der Waals surface area contributed by atoms with Crippen molar-refractivity contribution >= 4 is 34.9 Å². The molecule has 1 heterocycles. The molecule has 1 fully saturated rings. The van der Waals surface area contributed by atoms with Crippen molar-refractivity contribution in [2.45, 2.75) is 6.42 Å². The highest BCUT2D eigenvalue weighted by Gasteiger charge is 2.34. The van der Waals surface area contributed by atoms with E-state index in [9.17, 15) is 14.4 Å². The van der Waals surface area contributed by atoms with Crippen molar-refractivity contribution in [2.75, 3.05) is 27.3 Å². The topological polar surface area (TPSA) is 84.9 Å². The molecule has 1 aliphatic heterocycles. The summed E-state index contributed by atoms with van der Waals surface area (Å²) >= 11 is 0.903. The van der Waals surface area contributed by atoms with Crippen molar-refractivity contribution in [2.24, 2.45) is 0 Å². The first-order chi connectivity index (χ1) is 14.5. The van der Waals surface area contributed by atoms with E-state index < -0.39 is 0 Å². The number of nitrogens with one attached hydrogen (secondary N) is 1. The van der Waals surface area contributed by atoms with Gasteiger partial charge in [0.1, 0.15) is 11.5 Å². The van der Waals surface area contributed by atoms with Crippen LogP contribution in [0.3, 0.4) is 0 Å². The minimum absolute atomic E-state index is 0.0934. The molecule has 8 heteroatoms. The van der Waals surface area contributed by atoms with Gasteiger partial charge in [-0.15, -0.1) is 0 Å². The maximum atomic E-state index is 12.5. The van der Waals surface area contributed by atoms with Gasteiger partial charge in [-0.2, -0.15) is 0 Å². The van der Waals surface area contributed by atoms with Gasteiger partial charge in [-0.3, -0.25) is 19.3 Å². The molecule has 3 amide bonds. The number of carbonyl (C=O) groups excluding carboxylic acids is 3. The summed E-state index contributed by atoms with van der Waals surface area (Å²) < 4.78 is 10.5. The SMILES string of the molecule is COc1ccc(OC)c(CC(=O)NCCN2C(=O)S/C(=C/c3ccccc3)C2=O)c1. The molecule has 2 aromatic rings. The fraction of sp³-hybridized carbons (Fsp3) is 0.227. The van der Waals surface area contributed by atoms with Gasteiger partial charge in [0.2, 0.25) is 5.91 Å². The van der Waals surface area contributed by atoms with Gasteiger partial charge in [-0.25, -0.2) is 0 Å². The third-order valence-electron chi connectivity index (χ3n) is 4.47. The maximum Gasteiger partial charge on any atom is 0.293 e. The summed E-state index contributed by atoms with van der Waals surface area (Å²) in [6, 6.07) is 14.6.